The molecule has 1 N–H and O–H groups in total. The Balaban J connectivity index is 2.04. The third-order valence-corrected chi connectivity index (χ3v) is 3.58. The number of hydrogen-bond donors (Lipinski definition) is 1. The standard InChI is InChI=1S/C10H11O4P/c11-15(12,7-9-3-1-5-13-9)8-10-4-2-6-14-10/h1-6H,7-8H2,(H,11,12). The van der Waals surface area contributed by atoms with Gasteiger partial charge in [0.2, 0.25) is 7.37 Å². The van der Waals surface area contributed by atoms with E-state index in [9.17, 15) is 9.46 Å². The van der Waals surface area contributed by atoms with E-state index in [0.717, 1.165) is 0 Å². The molecule has 2 rings (SSSR count). The second kappa shape index (κ2) is 4.09. The second-order valence-electron chi connectivity index (χ2n) is 3.32. The SMILES string of the molecule is O=P(O)(Cc1ccco1)Cc1ccco1. The van der Waals surface area contributed by atoms with Crippen LogP contribution < -0.4 is 0 Å². The molecule has 0 aromatic carbocycles. The Morgan fingerprint density at radius 1 is 1.07 bits per heavy atom. The van der Waals surface area contributed by atoms with Gasteiger partial charge in [-0.25, -0.2) is 0 Å². The van der Waals surface area contributed by atoms with Gasteiger partial charge < -0.3 is 13.7 Å². The van der Waals surface area contributed by atoms with Crippen molar-refractivity contribution in [3.05, 3.63) is 48.3 Å². The molecule has 0 aliphatic heterocycles. The van der Waals surface area contributed by atoms with Gasteiger partial charge >= 0.3 is 0 Å². The minimum Gasteiger partial charge on any atom is -0.469 e. The molecule has 2 heterocycles. The minimum atomic E-state index is -3.26. The van der Waals surface area contributed by atoms with Gasteiger partial charge in [-0.05, 0) is 24.3 Å². The molecule has 2 aromatic heterocycles. The molecule has 0 aliphatic rings. The predicted octanol–water partition coefficient (Wildman–Crippen LogP) is 2.84. The maximum atomic E-state index is 11.8. The van der Waals surface area contributed by atoms with Gasteiger partial charge in [-0.1, -0.05) is 0 Å². The van der Waals surface area contributed by atoms with Crippen LogP contribution in [0.3, 0.4) is 0 Å². The number of rotatable bonds is 4. The maximum absolute atomic E-state index is 11.8. The summed E-state index contributed by atoms with van der Waals surface area (Å²) in [5.41, 5.74) is 0. The largest absolute Gasteiger partial charge is 0.469 e. The van der Waals surface area contributed by atoms with E-state index in [1.54, 1.807) is 24.3 Å². The van der Waals surface area contributed by atoms with Crippen molar-refractivity contribution < 1.29 is 18.3 Å². The van der Waals surface area contributed by atoms with Crippen LogP contribution in [0.25, 0.3) is 0 Å². The molecule has 0 spiro atoms. The lowest BCUT2D eigenvalue weighted by Gasteiger charge is -2.07. The Bertz CT molecular complexity index is 403. The molecule has 0 saturated carbocycles. The van der Waals surface area contributed by atoms with E-state index in [-0.39, 0.29) is 12.3 Å². The van der Waals surface area contributed by atoms with Gasteiger partial charge in [0.25, 0.3) is 0 Å². The summed E-state index contributed by atoms with van der Waals surface area (Å²) in [6.07, 6.45) is 3.06. The van der Waals surface area contributed by atoms with Crippen LogP contribution in [0.5, 0.6) is 0 Å². The second-order valence-corrected chi connectivity index (χ2v) is 5.65. The zero-order valence-electron chi connectivity index (χ0n) is 8.00. The van der Waals surface area contributed by atoms with Crippen molar-refractivity contribution in [2.24, 2.45) is 0 Å². The van der Waals surface area contributed by atoms with E-state index >= 15 is 0 Å². The number of furan rings is 2. The van der Waals surface area contributed by atoms with Gasteiger partial charge in [-0.3, -0.25) is 4.57 Å². The fraction of sp³-hybridized carbons (Fsp3) is 0.200. The van der Waals surface area contributed by atoms with Gasteiger partial charge in [-0.15, -0.1) is 0 Å². The average molecular weight is 226 g/mol. The van der Waals surface area contributed by atoms with Crippen molar-refractivity contribution in [2.75, 3.05) is 0 Å². The van der Waals surface area contributed by atoms with Crippen LogP contribution in [0.15, 0.2) is 45.6 Å². The highest BCUT2D eigenvalue weighted by atomic mass is 31.2. The Labute approximate surface area is 87.0 Å². The lowest BCUT2D eigenvalue weighted by Crippen LogP contribution is -1.90. The van der Waals surface area contributed by atoms with Crippen LogP contribution in [0.4, 0.5) is 0 Å². The fourth-order valence-electron chi connectivity index (χ4n) is 1.35. The minimum absolute atomic E-state index is 0.0424. The quantitative estimate of drug-likeness (QED) is 0.814. The van der Waals surface area contributed by atoms with Crippen molar-refractivity contribution in [1.29, 1.82) is 0 Å². The summed E-state index contributed by atoms with van der Waals surface area (Å²) < 4.78 is 21.8. The Kier molecular flexibility index (Phi) is 2.80. The van der Waals surface area contributed by atoms with Crippen molar-refractivity contribution in [2.45, 2.75) is 12.3 Å². The normalized spacial score (nSPS) is 11.8. The predicted molar refractivity (Wildman–Crippen MR) is 54.6 cm³/mol. The molecule has 0 saturated heterocycles. The van der Waals surface area contributed by atoms with E-state index in [0.29, 0.717) is 11.5 Å². The summed E-state index contributed by atoms with van der Waals surface area (Å²) in [6, 6.07) is 6.76. The summed E-state index contributed by atoms with van der Waals surface area (Å²) in [5, 5.41) is 0. The molecule has 0 bridgehead atoms. The maximum Gasteiger partial charge on any atom is 0.215 e. The van der Waals surface area contributed by atoms with Crippen LogP contribution in [0.2, 0.25) is 0 Å². The van der Waals surface area contributed by atoms with Crippen LogP contribution in [0, 0.1) is 0 Å². The summed E-state index contributed by atoms with van der Waals surface area (Å²) >= 11 is 0. The lowest BCUT2D eigenvalue weighted by atomic mass is 10.5. The molecule has 0 fully saturated rings. The molecule has 15 heavy (non-hydrogen) atoms. The van der Waals surface area contributed by atoms with Crippen molar-refractivity contribution >= 4 is 7.37 Å². The van der Waals surface area contributed by atoms with Gasteiger partial charge in [-0.2, -0.15) is 0 Å². The van der Waals surface area contributed by atoms with Gasteiger partial charge in [0.1, 0.15) is 11.5 Å². The summed E-state index contributed by atoms with van der Waals surface area (Å²) in [7, 11) is -3.26. The zero-order chi connectivity index (χ0) is 10.7. The van der Waals surface area contributed by atoms with Gasteiger partial charge in [0.05, 0.1) is 24.9 Å². The van der Waals surface area contributed by atoms with Crippen molar-refractivity contribution in [1.82, 2.24) is 0 Å². The summed E-state index contributed by atoms with van der Waals surface area (Å²) in [6.45, 7) is 0. The Morgan fingerprint density at radius 2 is 1.53 bits per heavy atom. The number of hydrogen-bond acceptors (Lipinski definition) is 3. The Morgan fingerprint density at radius 3 is 1.87 bits per heavy atom. The highest BCUT2D eigenvalue weighted by Gasteiger charge is 2.22. The molecule has 2 aromatic rings. The highest BCUT2D eigenvalue weighted by molar-refractivity contribution is 7.56. The third kappa shape index (κ3) is 2.85. The van der Waals surface area contributed by atoms with Crippen LogP contribution in [0.1, 0.15) is 11.5 Å². The lowest BCUT2D eigenvalue weighted by molar-refractivity contribution is 0.451. The molecule has 0 unspecified atom stereocenters. The van der Waals surface area contributed by atoms with Crippen LogP contribution in [-0.4, -0.2) is 4.89 Å². The summed E-state index contributed by atoms with van der Waals surface area (Å²) in [5.74, 6) is 1.04. The molecular formula is C10H11O4P. The average Bonchev–Trinajstić information content (AvgIpc) is 2.75. The highest BCUT2D eigenvalue weighted by Crippen LogP contribution is 2.47. The molecule has 80 valence electrons. The first-order chi connectivity index (χ1) is 7.16. The van der Waals surface area contributed by atoms with Crippen molar-refractivity contribution in [3.8, 4) is 0 Å². The third-order valence-electron chi connectivity index (χ3n) is 1.97. The monoisotopic (exact) mass is 226 g/mol. The molecule has 0 radical (unpaired) electrons. The molecule has 0 aliphatic carbocycles. The topological polar surface area (TPSA) is 63.6 Å². The first kappa shape index (κ1) is 10.3. The van der Waals surface area contributed by atoms with E-state index in [2.05, 4.69) is 0 Å². The Hall–Kier alpha value is -1.25. The van der Waals surface area contributed by atoms with Crippen LogP contribution in [-0.2, 0) is 16.9 Å². The molecule has 0 amide bonds. The fourth-order valence-corrected chi connectivity index (χ4v) is 2.79. The molecule has 0 atom stereocenters. The van der Waals surface area contributed by atoms with Gasteiger partial charge in [0, 0.05) is 0 Å². The smallest absolute Gasteiger partial charge is 0.215 e. The molecule has 5 heteroatoms. The van der Waals surface area contributed by atoms with Crippen LogP contribution >= 0.6 is 7.37 Å². The van der Waals surface area contributed by atoms with E-state index in [1.165, 1.54) is 12.5 Å². The van der Waals surface area contributed by atoms with Crippen molar-refractivity contribution in [3.63, 3.8) is 0 Å². The summed E-state index contributed by atoms with van der Waals surface area (Å²) in [4.78, 5) is 9.69. The molecule has 4 nitrogen and oxygen atoms in total. The zero-order valence-corrected chi connectivity index (χ0v) is 8.89. The van der Waals surface area contributed by atoms with E-state index < -0.39 is 7.37 Å². The van der Waals surface area contributed by atoms with E-state index in [1.807, 2.05) is 0 Å². The first-order valence-corrected chi connectivity index (χ1v) is 6.54. The van der Waals surface area contributed by atoms with E-state index in [4.69, 9.17) is 8.83 Å². The molecular weight excluding hydrogens is 215 g/mol. The van der Waals surface area contributed by atoms with Gasteiger partial charge in [0.15, 0.2) is 0 Å². The first-order valence-electron chi connectivity index (χ1n) is 4.51.